The summed E-state index contributed by atoms with van der Waals surface area (Å²) in [5.41, 5.74) is 4.55. The number of amides is 2. The average molecular weight is 443 g/mol. The monoisotopic (exact) mass is 442 g/mol. The summed E-state index contributed by atoms with van der Waals surface area (Å²) in [6, 6.07) is 20.0. The largest absolute Gasteiger partial charge is 0.497 e. The maximum Gasteiger partial charge on any atom is 0.282 e. The Labute approximate surface area is 193 Å². The van der Waals surface area contributed by atoms with Gasteiger partial charge >= 0.3 is 0 Å². The fraction of sp³-hybridized carbons (Fsp3) is 0.185. The Hall–Kier alpha value is -4.06. The van der Waals surface area contributed by atoms with Crippen molar-refractivity contribution in [3.05, 3.63) is 89.1 Å². The van der Waals surface area contributed by atoms with Crippen molar-refractivity contribution in [2.75, 3.05) is 23.9 Å². The molecule has 0 fully saturated rings. The van der Waals surface area contributed by atoms with Gasteiger partial charge in [0.25, 0.3) is 11.8 Å². The molecule has 4 rings (SSSR count). The fourth-order valence-electron chi connectivity index (χ4n) is 3.85. The van der Waals surface area contributed by atoms with E-state index in [1.54, 1.807) is 55.6 Å². The lowest BCUT2D eigenvalue weighted by atomic mass is 10.0. The zero-order chi connectivity index (χ0) is 23.5. The number of carbonyl (C=O) groups is 2. The van der Waals surface area contributed by atoms with E-state index < -0.39 is 5.91 Å². The Morgan fingerprint density at radius 3 is 2.12 bits per heavy atom. The van der Waals surface area contributed by atoms with Crippen LogP contribution in [0.3, 0.4) is 0 Å². The Morgan fingerprint density at radius 2 is 1.52 bits per heavy atom. The molecule has 0 saturated heterocycles. The van der Waals surface area contributed by atoms with E-state index in [4.69, 9.17) is 9.47 Å². The normalized spacial score (nSPS) is 13.5. The third kappa shape index (κ3) is 4.32. The van der Waals surface area contributed by atoms with Gasteiger partial charge in [-0.1, -0.05) is 29.8 Å². The second-order valence-corrected chi connectivity index (χ2v) is 7.79. The molecular weight excluding hydrogens is 416 g/mol. The molecule has 0 atom stereocenters. The van der Waals surface area contributed by atoms with Crippen molar-refractivity contribution >= 4 is 28.8 Å². The van der Waals surface area contributed by atoms with Crippen LogP contribution in [0.1, 0.15) is 23.6 Å². The topological polar surface area (TPSA) is 67.9 Å². The van der Waals surface area contributed by atoms with E-state index in [0.29, 0.717) is 34.9 Å². The first-order valence-electron chi connectivity index (χ1n) is 10.8. The lowest BCUT2D eigenvalue weighted by Gasteiger charge is -2.16. The predicted octanol–water partition coefficient (Wildman–Crippen LogP) is 5.11. The van der Waals surface area contributed by atoms with E-state index in [1.165, 1.54) is 4.90 Å². The highest BCUT2D eigenvalue weighted by Gasteiger charge is 2.40. The number of methoxy groups -OCH3 is 1. The minimum absolute atomic E-state index is 0.243. The summed E-state index contributed by atoms with van der Waals surface area (Å²) in [5.74, 6) is 0.552. The molecule has 1 heterocycles. The number of carbonyl (C=O) groups excluding carboxylic acids is 2. The molecule has 0 aliphatic carbocycles. The molecule has 0 bridgehead atoms. The molecule has 0 unspecified atom stereocenters. The van der Waals surface area contributed by atoms with Crippen LogP contribution in [0.5, 0.6) is 11.5 Å². The average Bonchev–Trinajstić information content (AvgIpc) is 3.06. The zero-order valence-electron chi connectivity index (χ0n) is 19.1. The van der Waals surface area contributed by atoms with Crippen LogP contribution in [0, 0.1) is 13.8 Å². The lowest BCUT2D eigenvalue weighted by Crippen LogP contribution is -2.32. The second kappa shape index (κ2) is 9.20. The number of benzene rings is 3. The van der Waals surface area contributed by atoms with Gasteiger partial charge in [-0.15, -0.1) is 0 Å². The van der Waals surface area contributed by atoms with Gasteiger partial charge in [0, 0.05) is 5.69 Å². The highest BCUT2D eigenvalue weighted by molar-refractivity contribution is 6.46. The Kier molecular flexibility index (Phi) is 6.18. The van der Waals surface area contributed by atoms with E-state index in [9.17, 15) is 9.59 Å². The third-order valence-electron chi connectivity index (χ3n) is 5.51. The smallest absolute Gasteiger partial charge is 0.282 e. The molecule has 3 aromatic carbocycles. The van der Waals surface area contributed by atoms with Crippen LogP contribution >= 0.6 is 0 Å². The predicted molar refractivity (Wildman–Crippen MR) is 130 cm³/mol. The van der Waals surface area contributed by atoms with Crippen LogP contribution in [-0.2, 0) is 9.59 Å². The number of anilines is 2. The molecule has 33 heavy (non-hydrogen) atoms. The third-order valence-corrected chi connectivity index (χ3v) is 5.51. The highest BCUT2D eigenvalue weighted by Crippen LogP contribution is 2.35. The quantitative estimate of drug-likeness (QED) is 0.515. The SMILES string of the molecule is CCOc1ccc(C2=C(Nc3ccc(C)cc3C)C(=O)N(c3ccc(OC)cc3)C2=O)cc1. The summed E-state index contributed by atoms with van der Waals surface area (Å²) in [6.45, 7) is 6.44. The maximum atomic E-state index is 13.6. The molecule has 6 nitrogen and oxygen atoms in total. The summed E-state index contributed by atoms with van der Waals surface area (Å²) >= 11 is 0. The van der Waals surface area contributed by atoms with Crippen LogP contribution in [-0.4, -0.2) is 25.5 Å². The highest BCUT2D eigenvalue weighted by atomic mass is 16.5. The molecule has 0 spiro atoms. The molecule has 0 aromatic heterocycles. The van der Waals surface area contributed by atoms with Gasteiger partial charge in [-0.3, -0.25) is 9.59 Å². The minimum Gasteiger partial charge on any atom is -0.497 e. The van der Waals surface area contributed by atoms with Crippen LogP contribution in [0.2, 0.25) is 0 Å². The zero-order valence-corrected chi connectivity index (χ0v) is 19.1. The van der Waals surface area contributed by atoms with Crippen LogP contribution in [0.4, 0.5) is 11.4 Å². The van der Waals surface area contributed by atoms with Crippen molar-refractivity contribution in [2.45, 2.75) is 20.8 Å². The molecule has 2 amide bonds. The van der Waals surface area contributed by atoms with Gasteiger partial charge in [-0.25, -0.2) is 4.90 Å². The van der Waals surface area contributed by atoms with Crippen molar-refractivity contribution in [1.29, 1.82) is 0 Å². The first-order chi connectivity index (χ1) is 15.9. The van der Waals surface area contributed by atoms with Gasteiger partial charge in [0.1, 0.15) is 17.2 Å². The van der Waals surface area contributed by atoms with E-state index in [1.807, 2.05) is 39.0 Å². The maximum absolute atomic E-state index is 13.6. The molecule has 3 aromatic rings. The number of hydrogen-bond donors (Lipinski definition) is 1. The molecule has 6 heteroatoms. The number of nitrogens with one attached hydrogen (secondary N) is 1. The van der Waals surface area contributed by atoms with E-state index in [2.05, 4.69) is 5.32 Å². The van der Waals surface area contributed by atoms with Gasteiger partial charge < -0.3 is 14.8 Å². The summed E-state index contributed by atoms with van der Waals surface area (Å²) in [5, 5.41) is 3.24. The van der Waals surface area contributed by atoms with Gasteiger partial charge in [0.15, 0.2) is 0 Å². The van der Waals surface area contributed by atoms with Gasteiger partial charge in [-0.05, 0) is 74.4 Å². The molecule has 0 saturated carbocycles. The van der Waals surface area contributed by atoms with Gasteiger partial charge in [-0.2, -0.15) is 0 Å². The summed E-state index contributed by atoms with van der Waals surface area (Å²) in [6.07, 6.45) is 0. The number of imide groups is 1. The number of rotatable bonds is 7. The van der Waals surface area contributed by atoms with Gasteiger partial charge in [0.2, 0.25) is 0 Å². The van der Waals surface area contributed by atoms with Crippen molar-refractivity contribution in [3.8, 4) is 11.5 Å². The first kappa shape index (κ1) is 22.1. The van der Waals surface area contributed by atoms with E-state index in [0.717, 1.165) is 16.8 Å². The number of ether oxygens (including phenoxy) is 2. The molecule has 1 aliphatic rings. The van der Waals surface area contributed by atoms with E-state index >= 15 is 0 Å². The van der Waals surface area contributed by atoms with Crippen molar-refractivity contribution < 1.29 is 19.1 Å². The number of hydrogen-bond acceptors (Lipinski definition) is 5. The molecular formula is C27H26N2O4. The van der Waals surface area contributed by atoms with Crippen molar-refractivity contribution in [1.82, 2.24) is 0 Å². The van der Waals surface area contributed by atoms with Crippen LogP contribution in [0.15, 0.2) is 72.4 Å². The van der Waals surface area contributed by atoms with Crippen LogP contribution < -0.4 is 19.7 Å². The summed E-state index contributed by atoms with van der Waals surface area (Å²) in [4.78, 5) is 28.3. The summed E-state index contributed by atoms with van der Waals surface area (Å²) in [7, 11) is 1.57. The lowest BCUT2D eigenvalue weighted by molar-refractivity contribution is -0.120. The van der Waals surface area contributed by atoms with E-state index in [-0.39, 0.29) is 11.6 Å². The molecule has 1 N–H and O–H groups in total. The number of nitrogens with zero attached hydrogens (tertiary/aromatic N) is 1. The molecule has 0 radical (unpaired) electrons. The van der Waals surface area contributed by atoms with Crippen LogP contribution in [0.25, 0.3) is 5.57 Å². The molecule has 168 valence electrons. The Morgan fingerprint density at radius 1 is 0.848 bits per heavy atom. The second-order valence-electron chi connectivity index (χ2n) is 7.79. The fourth-order valence-corrected chi connectivity index (χ4v) is 3.85. The standard InChI is InChI=1S/C27H26N2O4/c1-5-33-22-11-7-19(8-12-22)24-25(28-23-15-6-17(2)16-18(23)3)27(31)29(26(24)30)20-9-13-21(32-4)14-10-20/h6-16,28H,5H2,1-4H3. The Bertz CT molecular complexity index is 1230. The van der Waals surface area contributed by atoms with Crippen molar-refractivity contribution in [2.24, 2.45) is 0 Å². The minimum atomic E-state index is -0.408. The Balaban J connectivity index is 1.79. The summed E-state index contributed by atoms with van der Waals surface area (Å²) < 4.78 is 10.7. The van der Waals surface area contributed by atoms with Gasteiger partial charge in [0.05, 0.1) is 25.0 Å². The number of aryl methyl sites for hydroxylation is 2. The molecule has 1 aliphatic heterocycles. The first-order valence-corrected chi connectivity index (χ1v) is 10.8. The van der Waals surface area contributed by atoms with Crippen molar-refractivity contribution in [3.63, 3.8) is 0 Å².